The summed E-state index contributed by atoms with van der Waals surface area (Å²) >= 11 is 0. The molecule has 0 saturated carbocycles. The first-order chi connectivity index (χ1) is 14.1. The van der Waals surface area contributed by atoms with E-state index in [1.807, 2.05) is 12.1 Å². The van der Waals surface area contributed by atoms with Crippen molar-refractivity contribution in [3.63, 3.8) is 0 Å². The molecular formula is C23H30N2O5. The molecule has 0 radical (unpaired) electrons. The predicted octanol–water partition coefficient (Wildman–Crippen LogP) is 3.10. The predicted molar refractivity (Wildman–Crippen MR) is 115 cm³/mol. The van der Waals surface area contributed by atoms with Crippen molar-refractivity contribution in [3.05, 3.63) is 53.6 Å². The zero-order valence-electron chi connectivity index (χ0n) is 17.7. The Morgan fingerprint density at radius 1 is 0.933 bits per heavy atom. The third-order valence-corrected chi connectivity index (χ3v) is 4.43. The quantitative estimate of drug-likeness (QED) is 0.472. The van der Waals surface area contributed by atoms with Crippen LogP contribution in [0.15, 0.2) is 42.5 Å². The topological polar surface area (TPSA) is 108 Å². The first kappa shape index (κ1) is 23.1. The highest BCUT2D eigenvalue weighted by molar-refractivity contribution is 5.95. The maximum atomic E-state index is 12.0. The summed E-state index contributed by atoms with van der Waals surface area (Å²) < 4.78 is 5.67. The number of phenols is 2. The van der Waals surface area contributed by atoms with Crippen LogP contribution in [0, 0.1) is 0 Å². The van der Waals surface area contributed by atoms with Gasteiger partial charge in [-0.05, 0) is 41.7 Å². The van der Waals surface area contributed by atoms with E-state index in [4.69, 9.17) is 4.74 Å². The second kappa shape index (κ2) is 10.5. The third kappa shape index (κ3) is 7.66. The van der Waals surface area contributed by atoms with Gasteiger partial charge in [-0.15, -0.1) is 0 Å². The van der Waals surface area contributed by atoms with Crippen molar-refractivity contribution in [2.45, 2.75) is 39.0 Å². The van der Waals surface area contributed by atoms with Gasteiger partial charge >= 0.3 is 0 Å². The van der Waals surface area contributed by atoms with Gasteiger partial charge in [0.25, 0.3) is 5.91 Å². The van der Waals surface area contributed by atoms with Gasteiger partial charge in [-0.25, -0.2) is 0 Å². The van der Waals surface area contributed by atoms with Gasteiger partial charge in [-0.3, -0.25) is 9.59 Å². The second-order valence-corrected chi connectivity index (χ2v) is 8.07. The molecule has 7 heteroatoms. The minimum absolute atomic E-state index is 0.0979. The number of phenolic OH excluding ortho intramolecular Hbond substituents is 2. The number of carbonyl (C=O) groups excluding carboxylic acids is 2. The molecule has 0 unspecified atom stereocenters. The summed E-state index contributed by atoms with van der Waals surface area (Å²) in [5.41, 5.74) is 1.48. The minimum Gasteiger partial charge on any atom is -0.508 e. The zero-order chi connectivity index (χ0) is 22.1. The first-order valence-corrected chi connectivity index (χ1v) is 9.96. The van der Waals surface area contributed by atoms with E-state index >= 15 is 0 Å². The van der Waals surface area contributed by atoms with Gasteiger partial charge in [-0.1, -0.05) is 32.9 Å². The summed E-state index contributed by atoms with van der Waals surface area (Å²) in [5, 5.41) is 24.1. The highest BCUT2D eigenvalue weighted by atomic mass is 16.5. The van der Waals surface area contributed by atoms with E-state index in [1.165, 1.54) is 17.7 Å². The van der Waals surface area contributed by atoms with Crippen molar-refractivity contribution in [2.75, 3.05) is 19.7 Å². The van der Waals surface area contributed by atoms with Crippen LogP contribution in [-0.2, 0) is 10.2 Å². The molecule has 0 fully saturated rings. The second-order valence-electron chi connectivity index (χ2n) is 8.07. The highest BCUT2D eigenvalue weighted by Crippen LogP contribution is 2.24. The molecule has 30 heavy (non-hydrogen) atoms. The molecule has 0 spiro atoms. The number of carbonyl (C=O) groups is 2. The molecule has 2 aromatic rings. The van der Waals surface area contributed by atoms with Crippen LogP contribution in [0.5, 0.6) is 17.2 Å². The van der Waals surface area contributed by atoms with Gasteiger partial charge in [0.1, 0.15) is 17.2 Å². The Morgan fingerprint density at radius 3 is 2.13 bits per heavy atom. The molecule has 2 rings (SSSR count). The molecule has 2 aromatic carbocycles. The summed E-state index contributed by atoms with van der Waals surface area (Å²) in [6.45, 7) is 7.43. The fourth-order valence-corrected chi connectivity index (χ4v) is 2.77. The lowest BCUT2D eigenvalue weighted by Gasteiger charge is -2.19. The normalized spacial score (nSPS) is 11.0. The first-order valence-electron chi connectivity index (χ1n) is 9.96. The van der Waals surface area contributed by atoms with Gasteiger partial charge in [0.15, 0.2) is 0 Å². The van der Waals surface area contributed by atoms with Crippen LogP contribution in [-0.4, -0.2) is 41.7 Å². The molecule has 0 aliphatic heterocycles. The number of hydrogen-bond donors (Lipinski definition) is 4. The molecule has 4 N–H and O–H groups in total. The average Bonchev–Trinajstić information content (AvgIpc) is 2.67. The van der Waals surface area contributed by atoms with Gasteiger partial charge in [-0.2, -0.15) is 0 Å². The van der Waals surface area contributed by atoms with Gasteiger partial charge in [0.2, 0.25) is 5.91 Å². The minimum atomic E-state index is -0.443. The van der Waals surface area contributed by atoms with E-state index in [1.54, 1.807) is 0 Å². The van der Waals surface area contributed by atoms with E-state index in [-0.39, 0.29) is 41.5 Å². The van der Waals surface area contributed by atoms with Crippen molar-refractivity contribution in [1.82, 2.24) is 10.6 Å². The lowest BCUT2D eigenvalue weighted by Crippen LogP contribution is -2.34. The third-order valence-electron chi connectivity index (χ3n) is 4.43. The van der Waals surface area contributed by atoms with Crippen molar-refractivity contribution >= 4 is 11.8 Å². The van der Waals surface area contributed by atoms with E-state index in [2.05, 4.69) is 43.5 Å². The van der Waals surface area contributed by atoms with Crippen LogP contribution in [0.3, 0.4) is 0 Å². The lowest BCUT2D eigenvalue weighted by atomic mass is 9.87. The molecule has 0 bridgehead atoms. The standard InChI is InChI=1S/C23H30N2O5/c1-23(2,3)17-6-8-20(9-7-17)30-12-4-5-21(28)24-10-11-25-22(29)16-13-18(26)15-19(27)14-16/h6-9,13-15,26-27H,4-5,10-12H2,1-3H3,(H,24,28)(H,25,29). The molecular weight excluding hydrogens is 384 g/mol. The Bertz CT molecular complexity index is 837. The zero-order valence-corrected chi connectivity index (χ0v) is 17.7. The Balaban J connectivity index is 1.59. The maximum absolute atomic E-state index is 12.0. The smallest absolute Gasteiger partial charge is 0.251 e. The molecule has 7 nitrogen and oxygen atoms in total. The van der Waals surface area contributed by atoms with E-state index in [0.717, 1.165) is 11.8 Å². The number of rotatable bonds is 9. The van der Waals surface area contributed by atoms with Crippen LogP contribution in [0.1, 0.15) is 49.5 Å². The van der Waals surface area contributed by atoms with Crippen molar-refractivity contribution in [1.29, 1.82) is 0 Å². The summed E-state index contributed by atoms with van der Waals surface area (Å²) in [6, 6.07) is 11.6. The van der Waals surface area contributed by atoms with Crippen LogP contribution in [0.4, 0.5) is 0 Å². The van der Waals surface area contributed by atoms with Crippen molar-refractivity contribution in [3.8, 4) is 17.2 Å². The Kier molecular flexibility index (Phi) is 8.09. The fourth-order valence-electron chi connectivity index (χ4n) is 2.77. The van der Waals surface area contributed by atoms with Gasteiger partial charge in [0.05, 0.1) is 6.61 Å². The molecule has 162 valence electrons. The monoisotopic (exact) mass is 414 g/mol. The van der Waals surface area contributed by atoms with Crippen LogP contribution in [0.2, 0.25) is 0 Å². The van der Waals surface area contributed by atoms with E-state index in [0.29, 0.717) is 19.4 Å². The molecule has 0 saturated heterocycles. The Morgan fingerprint density at radius 2 is 1.53 bits per heavy atom. The largest absolute Gasteiger partial charge is 0.508 e. The van der Waals surface area contributed by atoms with Crippen LogP contribution >= 0.6 is 0 Å². The van der Waals surface area contributed by atoms with Crippen molar-refractivity contribution < 1.29 is 24.5 Å². The summed E-state index contributed by atoms with van der Waals surface area (Å²) in [7, 11) is 0. The number of benzene rings is 2. The van der Waals surface area contributed by atoms with Gasteiger partial charge < -0.3 is 25.6 Å². The molecule has 0 aliphatic rings. The maximum Gasteiger partial charge on any atom is 0.251 e. The number of hydrogen-bond acceptors (Lipinski definition) is 5. The highest BCUT2D eigenvalue weighted by Gasteiger charge is 2.13. The number of amides is 2. The molecule has 2 amide bonds. The SMILES string of the molecule is CC(C)(C)c1ccc(OCCCC(=O)NCCNC(=O)c2cc(O)cc(O)c2)cc1. The van der Waals surface area contributed by atoms with E-state index < -0.39 is 5.91 Å². The molecule has 0 heterocycles. The summed E-state index contributed by atoms with van der Waals surface area (Å²) in [5.74, 6) is -0.169. The lowest BCUT2D eigenvalue weighted by molar-refractivity contribution is -0.121. The molecule has 0 atom stereocenters. The van der Waals surface area contributed by atoms with Crippen LogP contribution in [0.25, 0.3) is 0 Å². The molecule has 0 aromatic heterocycles. The van der Waals surface area contributed by atoms with Crippen LogP contribution < -0.4 is 15.4 Å². The number of ether oxygens (including phenoxy) is 1. The fraction of sp³-hybridized carbons (Fsp3) is 0.391. The van der Waals surface area contributed by atoms with Gasteiger partial charge in [0, 0.05) is 31.1 Å². The number of nitrogens with one attached hydrogen (secondary N) is 2. The molecule has 0 aliphatic carbocycles. The van der Waals surface area contributed by atoms with Crippen molar-refractivity contribution in [2.24, 2.45) is 0 Å². The van der Waals surface area contributed by atoms with E-state index in [9.17, 15) is 19.8 Å². The summed E-state index contributed by atoms with van der Waals surface area (Å²) in [6.07, 6.45) is 0.913. The Labute approximate surface area is 177 Å². The Hall–Kier alpha value is -3.22. The summed E-state index contributed by atoms with van der Waals surface area (Å²) in [4.78, 5) is 23.8. The number of aromatic hydroxyl groups is 2. The average molecular weight is 415 g/mol.